The monoisotopic (exact) mass is 396 g/mol. The normalized spacial score (nSPS) is 12.4. The first-order valence-electron chi connectivity index (χ1n) is 9.00. The van der Waals surface area contributed by atoms with E-state index in [1.807, 2.05) is 61.5 Å². The molecule has 5 nitrogen and oxygen atoms in total. The fraction of sp³-hybridized carbons (Fsp3) is 0.182. The lowest BCUT2D eigenvalue weighted by Crippen LogP contribution is -2.31. The van der Waals surface area contributed by atoms with Gasteiger partial charge in [-0.05, 0) is 36.8 Å². The lowest BCUT2D eigenvalue weighted by atomic mass is 10.1. The zero-order chi connectivity index (χ0) is 20.0. The Morgan fingerprint density at radius 1 is 0.893 bits per heavy atom. The van der Waals surface area contributed by atoms with E-state index in [1.165, 1.54) is 0 Å². The van der Waals surface area contributed by atoms with Crippen molar-refractivity contribution in [1.29, 1.82) is 0 Å². The van der Waals surface area contributed by atoms with E-state index in [0.717, 1.165) is 16.8 Å². The van der Waals surface area contributed by atoms with E-state index < -0.39 is 10.0 Å². The molecule has 3 rings (SSSR count). The fourth-order valence-electron chi connectivity index (χ4n) is 2.88. The molecule has 28 heavy (non-hydrogen) atoms. The Balaban J connectivity index is 1.83. The molecule has 0 aliphatic heterocycles. The molecule has 0 aliphatic carbocycles. The highest BCUT2D eigenvalue weighted by atomic mass is 32.2. The minimum atomic E-state index is -3.61. The van der Waals surface area contributed by atoms with Crippen LogP contribution in [0.2, 0.25) is 0 Å². The van der Waals surface area contributed by atoms with Crippen molar-refractivity contribution >= 4 is 15.7 Å². The van der Waals surface area contributed by atoms with E-state index in [0.29, 0.717) is 5.75 Å². The summed E-state index contributed by atoms with van der Waals surface area (Å²) in [6.07, 6.45) is 0. The number of aryl methyl sites for hydroxylation is 1. The second-order valence-electron chi connectivity index (χ2n) is 6.47. The quantitative estimate of drug-likeness (QED) is 0.601. The first-order chi connectivity index (χ1) is 13.5. The van der Waals surface area contributed by atoms with E-state index in [1.54, 1.807) is 31.4 Å². The lowest BCUT2D eigenvalue weighted by Gasteiger charge is -2.22. The summed E-state index contributed by atoms with van der Waals surface area (Å²) < 4.78 is 33.5. The van der Waals surface area contributed by atoms with Crippen LogP contribution in [0, 0.1) is 6.92 Å². The Bertz CT molecular complexity index is 1000. The molecule has 6 heteroatoms. The Morgan fingerprint density at radius 2 is 1.54 bits per heavy atom. The van der Waals surface area contributed by atoms with Gasteiger partial charge in [0.05, 0.1) is 23.7 Å². The van der Waals surface area contributed by atoms with Crippen LogP contribution in [0.1, 0.15) is 17.2 Å². The Hall–Kier alpha value is -2.83. The van der Waals surface area contributed by atoms with Gasteiger partial charge in [-0.1, -0.05) is 60.2 Å². The summed E-state index contributed by atoms with van der Waals surface area (Å²) in [6, 6.07) is 23.8. The van der Waals surface area contributed by atoms with Crippen molar-refractivity contribution in [2.45, 2.75) is 17.9 Å². The second kappa shape index (κ2) is 8.91. The summed E-state index contributed by atoms with van der Waals surface area (Å²) in [6.45, 7) is 2.12. The van der Waals surface area contributed by atoms with Gasteiger partial charge in [-0.15, -0.1) is 0 Å². The maximum Gasteiger partial charge on any atom is 0.240 e. The van der Waals surface area contributed by atoms with Crippen molar-refractivity contribution in [2.75, 3.05) is 19.0 Å². The fourth-order valence-corrected chi connectivity index (χ4v) is 3.93. The van der Waals surface area contributed by atoms with Crippen LogP contribution < -0.4 is 14.8 Å². The molecule has 0 fully saturated rings. The summed E-state index contributed by atoms with van der Waals surface area (Å²) in [4.78, 5) is 0.252. The maximum absolute atomic E-state index is 12.7. The molecule has 3 aromatic rings. The standard InChI is InChI=1S/C22H24N2O3S/c1-17-12-14-19(15-13-17)28(25,26)23-16-21(18-8-4-3-5-9-18)24-20-10-6-7-11-22(20)27-2/h3-15,21,23-24H,16H2,1-2H3/t21-/m0/s1. The molecular weight excluding hydrogens is 372 g/mol. The van der Waals surface area contributed by atoms with Crippen molar-refractivity contribution in [2.24, 2.45) is 0 Å². The third kappa shape index (κ3) is 4.91. The van der Waals surface area contributed by atoms with Gasteiger partial charge in [0.2, 0.25) is 10.0 Å². The van der Waals surface area contributed by atoms with Crippen molar-refractivity contribution < 1.29 is 13.2 Å². The molecule has 146 valence electrons. The number of sulfonamides is 1. The maximum atomic E-state index is 12.7. The number of para-hydroxylation sites is 2. The van der Waals surface area contributed by atoms with Crippen LogP contribution in [0.3, 0.4) is 0 Å². The molecule has 0 aliphatic rings. The lowest BCUT2D eigenvalue weighted by molar-refractivity contribution is 0.416. The minimum Gasteiger partial charge on any atom is -0.495 e. The molecule has 2 N–H and O–H groups in total. The minimum absolute atomic E-state index is 0.193. The van der Waals surface area contributed by atoms with Gasteiger partial charge in [0.15, 0.2) is 0 Å². The number of nitrogens with one attached hydrogen (secondary N) is 2. The molecule has 0 heterocycles. The number of hydrogen-bond donors (Lipinski definition) is 2. The highest BCUT2D eigenvalue weighted by molar-refractivity contribution is 7.89. The highest BCUT2D eigenvalue weighted by Gasteiger charge is 2.19. The first-order valence-corrected chi connectivity index (χ1v) is 10.5. The second-order valence-corrected chi connectivity index (χ2v) is 8.24. The largest absolute Gasteiger partial charge is 0.495 e. The Morgan fingerprint density at radius 3 is 2.21 bits per heavy atom. The number of anilines is 1. The number of ether oxygens (including phenoxy) is 1. The molecule has 0 saturated carbocycles. The predicted molar refractivity (Wildman–Crippen MR) is 112 cm³/mol. The summed E-state index contributed by atoms with van der Waals surface area (Å²) in [5.74, 6) is 0.699. The summed E-state index contributed by atoms with van der Waals surface area (Å²) in [5.41, 5.74) is 2.78. The molecule has 0 amide bonds. The van der Waals surface area contributed by atoms with Gasteiger partial charge in [-0.25, -0.2) is 13.1 Å². The predicted octanol–water partition coefficient (Wildman–Crippen LogP) is 4.14. The zero-order valence-corrected chi connectivity index (χ0v) is 16.7. The van der Waals surface area contributed by atoms with Gasteiger partial charge in [-0.3, -0.25) is 0 Å². The van der Waals surface area contributed by atoms with Crippen LogP contribution in [0.25, 0.3) is 0 Å². The molecule has 0 radical (unpaired) electrons. The van der Waals surface area contributed by atoms with E-state index in [-0.39, 0.29) is 17.5 Å². The van der Waals surface area contributed by atoms with Crippen LogP contribution in [0.5, 0.6) is 5.75 Å². The number of hydrogen-bond acceptors (Lipinski definition) is 4. The highest BCUT2D eigenvalue weighted by Crippen LogP contribution is 2.28. The van der Waals surface area contributed by atoms with Gasteiger partial charge < -0.3 is 10.1 Å². The average molecular weight is 397 g/mol. The smallest absolute Gasteiger partial charge is 0.240 e. The van der Waals surface area contributed by atoms with Crippen LogP contribution in [0.15, 0.2) is 83.8 Å². The molecule has 1 atom stereocenters. The van der Waals surface area contributed by atoms with Crippen LogP contribution in [-0.2, 0) is 10.0 Å². The van der Waals surface area contributed by atoms with E-state index >= 15 is 0 Å². The molecule has 0 spiro atoms. The van der Waals surface area contributed by atoms with Gasteiger partial charge in [0, 0.05) is 6.54 Å². The summed E-state index contributed by atoms with van der Waals surface area (Å²) >= 11 is 0. The molecular formula is C22H24N2O3S. The molecule has 3 aromatic carbocycles. The number of methoxy groups -OCH3 is 1. The van der Waals surface area contributed by atoms with Crippen LogP contribution in [0.4, 0.5) is 5.69 Å². The third-order valence-electron chi connectivity index (χ3n) is 4.45. The van der Waals surface area contributed by atoms with Crippen LogP contribution >= 0.6 is 0 Å². The van der Waals surface area contributed by atoms with Gasteiger partial charge in [0.1, 0.15) is 5.75 Å². The molecule has 0 saturated heterocycles. The van der Waals surface area contributed by atoms with Crippen molar-refractivity contribution in [1.82, 2.24) is 4.72 Å². The Labute approximate surface area is 166 Å². The van der Waals surface area contributed by atoms with E-state index in [4.69, 9.17) is 4.74 Å². The zero-order valence-electron chi connectivity index (χ0n) is 15.9. The van der Waals surface area contributed by atoms with Crippen molar-refractivity contribution in [3.63, 3.8) is 0 Å². The topological polar surface area (TPSA) is 67.4 Å². The van der Waals surface area contributed by atoms with Crippen molar-refractivity contribution in [3.8, 4) is 5.75 Å². The van der Waals surface area contributed by atoms with Gasteiger partial charge in [0.25, 0.3) is 0 Å². The SMILES string of the molecule is COc1ccccc1N[C@@H](CNS(=O)(=O)c1ccc(C)cc1)c1ccccc1. The number of rotatable bonds is 8. The van der Waals surface area contributed by atoms with E-state index in [9.17, 15) is 8.42 Å². The number of benzene rings is 3. The van der Waals surface area contributed by atoms with Gasteiger partial charge in [-0.2, -0.15) is 0 Å². The van der Waals surface area contributed by atoms with Crippen molar-refractivity contribution in [3.05, 3.63) is 90.0 Å². The molecule has 0 bridgehead atoms. The average Bonchev–Trinajstić information content (AvgIpc) is 2.72. The first kappa shape index (κ1) is 19.9. The Kier molecular flexibility index (Phi) is 6.34. The third-order valence-corrected chi connectivity index (χ3v) is 5.89. The summed E-state index contributed by atoms with van der Waals surface area (Å²) in [7, 11) is -2.00. The summed E-state index contributed by atoms with van der Waals surface area (Å²) in [5, 5.41) is 3.40. The molecule has 0 unspecified atom stereocenters. The van der Waals surface area contributed by atoms with Crippen LogP contribution in [-0.4, -0.2) is 22.1 Å². The van der Waals surface area contributed by atoms with E-state index in [2.05, 4.69) is 10.0 Å². The molecule has 0 aromatic heterocycles. The van der Waals surface area contributed by atoms with Gasteiger partial charge >= 0.3 is 0 Å².